The highest BCUT2D eigenvalue weighted by atomic mass is 32.2. The molecule has 0 saturated carbocycles. The molecule has 2 amide bonds. The summed E-state index contributed by atoms with van der Waals surface area (Å²) in [5.41, 5.74) is 8.96. The Kier molecular flexibility index (Phi) is 8.82. The molecule has 0 fully saturated rings. The molecular weight excluding hydrogens is 559 g/mol. The average Bonchev–Trinajstić information content (AvgIpc) is 3.33. The SMILES string of the molecule is Cc1nc(C(=O)NCCS(C)(=O)=O)cc2c(Nc3cccc4c3CCO4)c(C(N)=O)cnc12.O=C(O)C(F)(F)F. The van der Waals surface area contributed by atoms with Gasteiger partial charge in [-0.3, -0.25) is 14.6 Å². The highest BCUT2D eigenvalue weighted by molar-refractivity contribution is 7.90. The van der Waals surface area contributed by atoms with Gasteiger partial charge in [0.15, 0.2) is 0 Å². The summed E-state index contributed by atoms with van der Waals surface area (Å²) in [4.78, 5) is 42.4. The topological polar surface area (TPSA) is 191 Å². The largest absolute Gasteiger partial charge is 0.493 e. The lowest BCUT2D eigenvalue weighted by molar-refractivity contribution is -0.192. The Hall–Kier alpha value is -4.47. The Morgan fingerprint density at radius 1 is 1.23 bits per heavy atom. The van der Waals surface area contributed by atoms with Crippen molar-refractivity contribution in [1.82, 2.24) is 15.3 Å². The van der Waals surface area contributed by atoms with Crippen molar-refractivity contribution in [2.45, 2.75) is 19.5 Å². The molecule has 214 valence electrons. The van der Waals surface area contributed by atoms with E-state index >= 15 is 0 Å². The number of alkyl halides is 3. The fourth-order valence-corrected chi connectivity index (χ4v) is 4.18. The van der Waals surface area contributed by atoms with Crippen LogP contribution in [-0.4, -0.2) is 72.6 Å². The third kappa shape index (κ3) is 7.34. The molecule has 0 radical (unpaired) electrons. The predicted octanol–water partition coefficient (Wildman–Crippen LogP) is 2.12. The first kappa shape index (κ1) is 30.1. The maximum Gasteiger partial charge on any atom is 0.490 e. The van der Waals surface area contributed by atoms with Crippen molar-refractivity contribution < 1.29 is 45.8 Å². The molecule has 0 saturated heterocycles. The molecule has 0 aliphatic carbocycles. The number of aryl methyl sites for hydroxylation is 1. The number of anilines is 2. The fraction of sp³-hybridized carbons (Fsp3) is 0.292. The number of carbonyl (C=O) groups is 3. The molecular formula is C24H24F3N5O7S. The first-order chi connectivity index (χ1) is 18.6. The van der Waals surface area contributed by atoms with Gasteiger partial charge in [0.2, 0.25) is 0 Å². The minimum atomic E-state index is -5.08. The number of hydrogen-bond acceptors (Lipinski definition) is 9. The number of benzene rings is 1. The third-order valence-electron chi connectivity index (χ3n) is 5.53. The Morgan fingerprint density at radius 3 is 2.50 bits per heavy atom. The number of nitrogens with two attached hydrogens (primary N) is 1. The Labute approximate surface area is 225 Å². The van der Waals surface area contributed by atoms with Gasteiger partial charge in [-0.25, -0.2) is 18.2 Å². The van der Waals surface area contributed by atoms with Crippen molar-refractivity contribution in [2.75, 3.05) is 30.5 Å². The lowest BCUT2D eigenvalue weighted by Gasteiger charge is -2.16. The van der Waals surface area contributed by atoms with E-state index in [2.05, 4.69) is 20.6 Å². The van der Waals surface area contributed by atoms with Gasteiger partial charge >= 0.3 is 12.1 Å². The van der Waals surface area contributed by atoms with Crippen LogP contribution in [0.1, 0.15) is 32.1 Å². The first-order valence-corrected chi connectivity index (χ1v) is 13.5. The molecule has 12 nitrogen and oxygen atoms in total. The molecule has 0 unspecified atom stereocenters. The molecule has 0 bridgehead atoms. The van der Waals surface area contributed by atoms with Crippen LogP contribution >= 0.6 is 0 Å². The number of halogens is 3. The first-order valence-electron chi connectivity index (χ1n) is 11.5. The van der Waals surface area contributed by atoms with Crippen LogP contribution in [0.25, 0.3) is 10.9 Å². The van der Waals surface area contributed by atoms with Crippen molar-refractivity contribution in [1.29, 1.82) is 0 Å². The van der Waals surface area contributed by atoms with Crippen LogP contribution in [0.5, 0.6) is 5.75 Å². The third-order valence-corrected chi connectivity index (χ3v) is 6.48. The van der Waals surface area contributed by atoms with Crippen LogP contribution in [0.3, 0.4) is 0 Å². The van der Waals surface area contributed by atoms with Gasteiger partial charge in [-0.05, 0) is 25.1 Å². The highest BCUT2D eigenvalue weighted by Crippen LogP contribution is 2.36. The zero-order valence-corrected chi connectivity index (χ0v) is 21.9. The van der Waals surface area contributed by atoms with Crippen LogP contribution in [-0.2, 0) is 21.1 Å². The zero-order valence-electron chi connectivity index (χ0n) is 21.1. The number of sulfone groups is 1. The number of primary amides is 1. The van der Waals surface area contributed by atoms with Crippen LogP contribution in [0, 0.1) is 6.92 Å². The summed E-state index contributed by atoms with van der Waals surface area (Å²) in [6, 6.07) is 7.10. The van der Waals surface area contributed by atoms with Crippen molar-refractivity contribution in [3.8, 4) is 5.75 Å². The number of hydrogen-bond donors (Lipinski definition) is 4. The molecule has 2 aromatic heterocycles. The van der Waals surface area contributed by atoms with Gasteiger partial charge in [0.1, 0.15) is 21.3 Å². The molecule has 16 heteroatoms. The quantitative estimate of drug-likeness (QED) is 0.320. The molecule has 0 atom stereocenters. The second-order valence-electron chi connectivity index (χ2n) is 8.59. The van der Waals surface area contributed by atoms with Crippen molar-refractivity contribution in [2.24, 2.45) is 5.73 Å². The summed E-state index contributed by atoms with van der Waals surface area (Å²) < 4.78 is 60.0. The minimum absolute atomic E-state index is 0.0444. The van der Waals surface area contributed by atoms with E-state index in [9.17, 15) is 31.2 Å². The standard InChI is InChI=1S/C22H23N5O5S.C2HF3O2/c1-12-19-14(10-17(26-12)22(29)24-7-9-33(2,30)31)20(15(11-25-19)21(23)28)27-16-4-3-5-18-13(16)6-8-32-18;3-2(4,5)1(6)7/h3-5,10-11H,6-9H2,1-2H3,(H2,23,28)(H,24,29)(H,25,27);(H,6,7). The van der Waals surface area contributed by atoms with Crippen LogP contribution in [0.2, 0.25) is 0 Å². The van der Waals surface area contributed by atoms with Gasteiger partial charge in [0.25, 0.3) is 11.8 Å². The van der Waals surface area contributed by atoms with E-state index in [1.54, 1.807) is 6.92 Å². The van der Waals surface area contributed by atoms with Gasteiger partial charge in [0, 0.05) is 42.1 Å². The van der Waals surface area contributed by atoms with E-state index in [1.165, 1.54) is 12.3 Å². The second kappa shape index (κ2) is 11.7. The summed E-state index contributed by atoms with van der Waals surface area (Å²) in [6.07, 6.45) is -1.90. The van der Waals surface area contributed by atoms with Crippen LogP contribution in [0.15, 0.2) is 30.5 Å². The molecule has 5 N–H and O–H groups in total. The van der Waals surface area contributed by atoms with Crippen LogP contribution < -0.4 is 21.1 Å². The fourth-order valence-electron chi connectivity index (χ4n) is 3.71. The summed E-state index contributed by atoms with van der Waals surface area (Å²) in [7, 11) is -3.22. The predicted molar refractivity (Wildman–Crippen MR) is 137 cm³/mol. The number of nitrogens with zero attached hydrogens (tertiary/aromatic N) is 2. The number of nitrogens with one attached hydrogen (secondary N) is 2. The van der Waals surface area contributed by atoms with Crippen molar-refractivity contribution >= 4 is 49.9 Å². The van der Waals surface area contributed by atoms with Gasteiger partial charge < -0.3 is 26.2 Å². The summed E-state index contributed by atoms with van der Waals surface area (Å²) in [5.74, 6) is -3.39. The number of carbonyl (C=O) groups excluding carboxylic acids is 2. The lowest BCUT2D eigenvalue weighted by atomic mass is 10.1. The normalized spacial score (nSPS) is 12.5. The number of aliphatic carboxylic acids is 1. The Bertz CT molecular complexity index is 1590. The maximum atomic E-state index is 12.7. The van der Waals surface area contributed by atoms with Gasteiger partial charge in [0.05, 0.1) is 34.8 Å². The van der Waals surface area contributed by atoms with E-state index < -0.39 is 33.8 Å². The number of fused-ring (bicyclic) bond motifs is 2. The van der Waals surface area contributed by atoms with Crippen molar-refractivity contribution in [3.63, 3.8) is 0 Å². The Balaban J connectivity index is 0.000000559. The Morgan fingerprint density at radius 2 is 1.90 bits per heavy atom. The van der Waals surface area contributed by atoms with E-state index in [1.807, 2.05) is 18.2 Å². The maximum absolute atomic E-state index is 12.7. The summed E-state index contributed by atoms with van der Waals surface area (Å²) in [6.45, 7) is 2.22. The number of amides is 2. The van der Waals surface area contributed by atoms with E-state index in [4.69, 9.17) is 20.4 Å². The molecule has 3 heterocycles. The number of carboxylic acid groups (broad SMARTS) is 1. The van der Waals surface area contributed by atoms with E-state index in [0.29, 0.717) is 35.3 Å². The van der Waals surface area contributed by atoms with Crippen molar-refractivity contribution in [3.05, 3.63) is 53.0 Å². The average molecular weight is 584 g/mol. The molecule has 0 spiro atoms. The number of aromatic nitrogens is 2. The second-order valence-corrected chi connectivity index (χ2v) is 10.9. The van der Waals surface area contributed by atoms with Gasteiger partial charge in [-0.1, -0.05) is 6.07 Å². The number of ether oxygens (including phenoxy) is 1. The minimum Gasteiger partial charge on any atom is -0.493 e. The zero-order chi connectivity index (χ0) is 29.8. The summed E-state index contributed by atoms with van der Waals surface area (Å²) >= 11 is 0. The van der Waals surface area contributed by atoms with E-state index in [-0.39, 0.29) is 23.6 Å². The molecule has 40 heavy (non-hydrogen) atoms. The highest BCUT2D eigenvalue weighted by Gasteiger charge is 2.38. The lowest BCUT2D eigenvalue weighted by Crippen LogP contribution is -2.29. The monoisotopic (exact) mass is 583 g/mol. The molecule has 1 aromatic carbocycles. The number of rotatable bonds is 7. The number of carboxylic acids is 1. The molecule has 1 aliphatic rings. The van der Waals surface area contributed by atoms with E-state index in [0.717, 1.165) is 23.3 Å². The molecule has 3 aromatic rings. The molecule has 4 rings (SSSR count). The van der Waals surface area contributed by atoms with Gasteiger partial charge in [-0.15, -0.1) is 0 Å². The molecule has 1 aliphatic heterocycles. The van der Waals surface area contributed by atoms with Gasteiger partial charge in [-0.2, -0.15) is 13.2 Å². The smallest absolute Gasteiger partial charge is 0.490 e. The number of pyridine rings is 2. The summed E-state index contributed by atoms with van der Waals surface area (Å²) in [5, 5.41) is 13.5. The van der Waals surface area contributed by atoms with Crippen LogP contribution in [0.4, 0.5) is 24.5 Å².